The fourth-order valence-electron chi connectivity index (χ4n) is 3.01. The van der Waals surface area contributed by atoms with E-state index < -0.39 is 5.92 Å². The van der Waals surface area contributed by atoms with E-state index in [9.17, 15) is 14.9 Å². The van der Waals surface area contributed by atoms with Crippen molar-refractivity contribution in [3.63, 3.8) is 0 Å². The Balaban J connectivity index is 2.35. The van der Waals surface area contributed by atoms with Gasteiger partial charge in [-0.25, -0.2) is 0 Å². The van der Waals surface area contributed by atoms with Gasteiger partial charge in [0.05, 0.1) is 13.0 Å². The van der Waals surface area contributed by atoms with Gasteiger partial charge in [-0.2, -0.15) is 0 Å². The Morgan fingerprint density at radius 2 is 2.15 bits per heavy atom. The molecule has 0 spiro atoms. The van der Waals surface area contributed by atoms with Crippen molar-refractivity contribution in [2.75, 3.05) is 13.7 Å². The number of benzene rings is 1. The molecule has 0 N–H and O–H groups in total. The molecule has 0 bridgehead atoms. The average Bonchev–Trinajstić information content (AvgIpc) is 2.45. The van der Waals surface area contributed by atoms with Gasteiger partial charge in [-0.05, 0) is 18.9 Å². The molecule has 1 fully saturated rings. The molecule has 0 saturated heterocycles. The number of carbonyl (C=O) groups is 1. The lowest BCUT2D eigenvalue weighted by Gasteiger charge is -2.27. The number of ketones is 1. The number of nitrogens with zero attached hydrogens (tertiary/aromatic N) is 1. The highest BCUT2D eigenvalue weighted by molar-refractivity contribution is 5.82. The molecular formula is C15H19NO4. The van der Waals surface area contributed by atoms with Gasteiger partial charge in [0.15, 0.2) is 0 Å². The quantitative estimate of drug-likeness (QED) is 0.613. The molecule has 2 unspecified atom stereocenters. The minimum Gasteiger partial charge on any atom is -0.496 e. The Hall–Kier alpha value is -1.91. The number of hydrogen-bond acceptors (Lipinski definition) is 4. The van der Waals surface area contributed by atoms with Crippen LogP contribution in [0.15, 0.2) is 24.3 Å². The van der Waals surface area contributed by atoms with Crippen LogP contribution in [0, 0.1) is 16.0 Å². The lowest BCUT2D eigenvalue weighted by atomic mass is 9.75. The van der Waals surface area contributed by atoms with E-state index in [4.69, 9.17) is 4.74 Å². The third-order valence-corrected chi connectivity index (χ3v) is 3.97. The normalized spacial score (nSPS) is 20.4. The van der Waals surface area contributed by atoms with Gasteiger partial charge < -0.3 is 4.74 Å². The fourth-order valence-corrected chi connectivity index (χ4v) is 3.01. The van der Waals surface area contributed by atoms with Crippen molar-refractivity contribution in [2.45, 2.75) is 31.6 Å². The Bertz CT molecular complexity index is 500. The van der Waals surface area contributed by atoms with Crippen LogP contribution in [0.25, 0.3) is 0 Å². The second-order valence-corrected chi connectivity index (χ2v) is 5.18. The minimum absolute atomic E-state index is 0.147. The maximum Gasteiger partial charge on any atom is 0.211 e. The summed E-state index contributed by atoms with van der Waals surface area (Å²) in [6, 6.07) is 7.27. The third-order valence-electron chi connectivity index (χ3n) is 3.97. The molecule has 1 aromatic rings. The molecule has 0 heterocycles. The van der Waals surface area contributed by atoms with Gasteiger partial charge in [0, 0.05) is 22.8 Å². The Kier molecular flexibility index (Phi) is 4.71. The van der Waals surface area contributed by atoms with Crippen LogP contribution < -0.4 is 4.74 Å². The zero-order valence-corrected chi connectivity index (χ0v) is 11.6. The van der Waals surface area contributed by atoms with Gasteiger partial charge in [0.2, 0.25) is 6.54 Å². The topological polar surface area (TPSA) is 69.4 Å². The molecule has 2 rings (SSSR count). The molecular weight excluding hydrogens is 258 g/mol. The molecule has 0 radical (unpaired) electrons. The molecule has 20 heavy (non-hydrogen) atoms. The van der Waals surface area contributed by atoms with Gasteiger partial charge in [-0.15, -0.1) is 0 Å². The minimum atomic E-state index is -0.394. The van der Waals surface area contributed by atoms with E-state index in [1.165, 1.54) is 0 Å². The van der Waals surface area contributed by atoms with Crippen LogP contribution in [0.4, 0.5) is 0 Å². The Morgan fingerprint density at radius 3 is 2.80 bits per heavy atom. The molecule has 1 aliphatic carbocycles. The molecule has 108 valence electrons. The second kappa shape index (κ2) is 6.50. The zero-order valence-electron chi connectivity index (χ0n) is 11.6. The number of methoxy groups -OCH3 is 1. The number of hydrogen-bond donors (Lipinski definition) is 0. The van der Waals surface area contributed by atoms with E-state index in [-0.39, 0.29) is 23.2 Å². The Labute approximate surface area is 118 Å². The van der Waals surface area contributed by atoms with Gasteiger partial charge in [0.25, 0.3) is 0 Å². The predicted molar refractivity (Wildman–Crippen MR) is 74.6 cm³/mol. The first kappa shape index (κ1) is 14.5. The third kappa shape index (κ3) is 3.15. The van der Waals surface area contributed by atoms with Crippen molar-refractivity contribution in [1.29, 1.82) is 0 Å². The summed E-state index contributed by atoms with van der Waals surface area (Å²) < 4.78 is 5.30. The number of Topliss-reactive ketones (excluding diaryl/α,β-unsaturated/α-hetero) is 1. The maximum absolute atomic E-state index is 12.1. The first-order valence-electron chi connectivity index (χ1n) is 6.91. The van der Waals surface area contributed by atoms with E-state index in [1.807, 2.05) is 18.2 Å². The second-order valence-electron chi connectivity index (χ2n) is 5.18. The van der Waals surface area contributed by atoms with Crippen molar-refractivity contribution in [3.8, 4) is 5.75 Å². The molecule has 5 heteroatoms. The highest BCUT2D eigenvalue weighted by atomic mass is 16.6. The summed E-state index contributed by atoms with van der Waals surface area (Å²) in [6.07, 6.45) is 3.12. The molecule has 1 aromatic carbocycles. The smallest absolute Gasteiger partial charge is 0.211 e. The summed E-state index contributed by atoms with van der Waals surface area (Å²) in [4.78, 5) is 22.8. The van der Waals surface area contributed by atoms with Crippen LogP contribution >= 0.6 is 0 Å². The molecule has 0 aliphatic heterocycles. The Morgan fingerprint density at radius 1 is 1.40 bits per heavy atom. The van der Waals surface area contributed by atoms with Crippen LogP contribution in [-0.2, 0) is 4.79 Å². The number of para-hydroxylation sites is 1. The largest absolute Gasteiger partial charge is 0.496 e. The first-order valence-corrected chi connectivity index (χ1v) is 6.91. The van der Waals surface area contributed by atoms with Crippen molar-refractivity contribution < 1.29 is 14.5 Å². The summed E-state index contributed by atoms with van der Waals surface area (Å²) >= 11 is 0. The van der Waals surface area contributed by atoms with Crippen LogP contribution in [-0.4, -0.2) is 24.4 Å². The number of nitro groups is 1. The lowest BCUT2D eigenvalue weighted by Crippen LogP contribution is -2.30. The van der Waals surface area contributed by atoms with E-state index in [0.29, 0.717) is 12.2 Å². The van der Waals surface area contributed by atoms with Crippen LogP contribution in [0.3, 0.4) is 0 Å². The molecule has 1 aliphatic rings. The first-order chi connectivity index (χ1) is 9.63. The zero-order chi connectivity index (χ0) is 14.5. The molecule has 2 atom stereocenters. The van der Waals surface area contributed by atoms with Gasteiger partial charge in [0.1, 0.15) is 11.5 Å². The van der Waals surface area contributed by atoms with E-state index in [0.717, 1.165) is 24.8 Å². The molecule has 5 nitrogen and oxygen atoms in total. The summed E-state index contributed by atoms with van der Waals surface area (Å²) in [6.45, 7) is -0.225. The summed E-state index contributed by atoms with van der Waals surface area (Å²) in [5.41, 5.74) is 0.770. The summed E-state index contributed by atoms with van der Waals surface area (Å²) in [7, 11) is 1.55. The van der Waals surface area contributed by atoms with Crippen molar-refractivity contribution in [1.82, 2.24) is 0 Å². The SMILES string of the molecule is COc1ccccc1C(C[N+](=O)[O-])C1CCCCC1=O. The van der Waals surface area contributed by atoms with E-state index in [1.54, 1.807) is 13.2 Å². The van der Waals surface area contributed by atoms with Crippen molar-refractivity contribution in [2.24, 2.45) is 5.92 Å². The maximum atomic E-state index is 12.1. The van der Waals surface area contributed by atoms with Gasteiger partial charge in [-0.3, -0.25) is 14.9 Å². The number of carbonyl (C=O) groups excluding carboxylic acids is 1. The molecule has 0 aromatic heterocycles. The monoisotopic (exact) mass is 277 g/mol. The highest BCUT2D eigenvalue weighted by Crippen LogP contribution is 2.37. The lowest BCUT2D eigenvalue weighted by molar-refractivity contribution is -0.484. The van der Waals surface area contributed by atoms with Crippen LogP contribution in [0.1, 0.15) is 37.2 Å². The highest BCUT2D eigenvalue weighted by Gasteiger charge is 2.35. The molecule has 0 amide bonds. The van der Waals surface area contributed by atoms with E-state index in [2.05, 4.69) is 0 Å². The predicted octanol–water partition coefficient (Wildman–Crippen LogP) is 2.81. The fraction of sp³-hybridized carbons (Fsp3) is 0.533. The average molecular weight is 277 g/mol. The van der Waals surface area contributed by atoms with Crippen molar-refractivity contribution >= 4 is 5.78 Å². The number of rotatable bonds is 5. The molecule has 1 saturated carbocycles. The summed E-state index contributed by atoms with van der Waals surface area (Å²) in [5.74, 6) is 0.117. The van der Waals surface area contributed by atoms with Crippen LogP contribution in [0.5, 0.6) is 5.75 Å². The van der Waals surface area contributed by atoms with Crippen LogP contribution in [0.2, 0.25) is 0 Å². The standard InChI is InChI=1S/C15H19NO4/c1-20-15-9-5-3-7-12(15)13(10-16(18)19)11-6-2-4-8-14(11)17/h3,5,7,9,11,13H,2,4,6,8,10H2,1H3. The van der Waals surface area contributed by atoms with E-state index >= 15 is 0 Å². The van der Waals surface area contributed by atoms with Gasteiger partial charge >= 0.3 is 0 Å². The van der Waals surface area contributed by atoms with Crippen molar-refractivity contribution in [3.05, 3.63) is 39.9 Å². The number of ether oxygens (including phenoxy) is 1. The van der Waals surface area contributed by atoms with Gasteiger partial charge in [-0.1, -0.05) is 24.6 Å². The summed E-state index contributed by atoms with van der Waals surface area (Å²) in [5, 5.41) is 11.0.